The fraction of sp³-hybridized carbons (Fsp3) is 0.500. The third-order valence-electron chi connectivity index (χ3n) is 1.67. The van der Waals surface area contributed by atoms with Gasteiger partial charge in [0.25, 0.3) is 0 Å². The topological polar surface area (TPSA) is 57.8 Å². The van der Waals surface area contributed by atoms with Crippen LogP contribution in [-0.2, 0) is 11.3 Å². The maximum absolute atomic E-state index is 11.7. The summed E-state index contributed by atoms with van der Waals surface area (Å²) in [6.45, 7) is 0.163. The summed E-state index contributed by atoms with van der Waals surface area (Å²) in [5.74, 6) is -0.623. The summed E-state index contributed by atoms with van der Waals surface area (Å²) in [6, 6.07) is 1.63. The highest BCUT2D eigenvalue weighted by Gasteiger charge is 2.27. The molecule has 1 rings (SSSR count). The van der Waals surface area contributed by atoms with Crippen LogP contribution in [0.25, 0.3) is 0 Å². The molecule has 0 atom stereocenters. The number of nitrogens with one attached hydrogen (secondary N) is 2. The van der Waals surface area contributed by atoms with Crippen molar-refractivity contribution in [1.29, 1.82) is 0 Å². The van der Waals surface area contributed by atoms with Gasteiger partial charge in [-0.25, -0.2) is 0 Å². The zero-order valence-corrected chi connectivity index (χ0v) is 7.77. The van der Waals surface area contributed by atoms with Crippen molar-refractivity contribution in [3.05, 3.63) is 18.0 Å². The second-order valence-corrected chi connectivity index (χ2v) is 2.97. The smallest absolute Gasteiger partial charge is 0.350 e. The molecule has 15 heavy (non-hydrogen) atoms. The van der Waals surface area contributed by atoms with Crippen LogP contribution in [0.1, 0.15) is 18.5 Å². The first kappa shape index (κ1) is 11.5. The van der Waals surface area contributed by atoms with E-state index in [-0.39, 0.29) is 6.54 Å². The maximum Gasteiger partial charge on any atom is 0.389 e. The molecule has 0 aromatic carbocycles. The number of aromatic nitrogens is 2. The molecular weight excluding hydrogens is 211 g/mol. The fourth-order valence-electron chi connectivity index (χ4n) is 0.921. The number of H-pyrrole nitrogens is 1. The summed E-state index contributed by atoms with van der Waals surface area (Å²) < 4.78 is 35.2. The van der Waals surface area contributed by atoms with Crippen LogP contribution in [0.4, 0.5) is 13.2 Å². The highest BCUT2D eigenvalue weighted by Crippen LogP contribution is 2.20. The van der Waals surface area contributed by atoms with Crippen molar-refractivity contribution in [1.82, 2.24) is 15.5 Å². The van der Waals surface area contributed by atoms with Crippen LogP contribution in [0.3, 0.4) is 0 Å². The van der Waals surface area contributed by atoms with E-state index in [9.17, 15) is 18.0 Å². The van der Waals surface area contributed by atoms with Gasteiger partial charge in [-0.3, -0.25) is 9.89 Å². The molecule has 0 spiro atoms. The molecule has 0 aliphatic heterocycles. The molecular formula is C8H10F3N3O. The average molecular weight is 221 g/mol. The molecule has 1 heterocycles. The number of carbonyl (C=O) groups excluding carboxylic acids is 1. The van der Waals surface area contributed by atoms with Gasteiger partial charge in [-0.15, -0.1) is 0 Å². The van der Waals surface area contributed by atoms with Crippen LogP contribution in [0.5, 0.6) is 0 Å². The Morgan fingerprint density at radius 1 is 1.53 bits per heavy atom. The molecule has 0 radical (unpaired) electrons. The zero-order chi connectivity index (χ0) is 11.3. The van der Waals surface area contributed by atoms with Crippen LogP contribution in [0, 0.1) is 0 Å². The normalized spacial score (nSPS) is 11.4. The predicted molar refractivity (Wildman–Crippen MR) is 45.7 cm³/mol. The number of hydrogen-bond acceptors (Lipinski definition) is 2. The number of hydrogen-bond donors (Lipinski definition) is 2. The van der Waals surface area contributed by atoms with E-state index in [4.69, 9.17) is 0 Å². The van der Waals surface area contributed by atoms with E-state index in [2.05, 4.69) is 15.5 Å². The molecule has 0 aliphatic carbocycles. The molecule has 1 aromatic heterocycles. The van der Waals surface area contributed by atoms with Crippen LogP contribution >= 0.6 is 0 Å². The quantitative estimate of drug-likeness (QED) is 0.806. The van der Waals surface area contributed by atoms with Crippen LogP contribution in [-0.4, -0.2) is 22.3 Å². The number of carbonyl (C=O) groups is 1. The van der Waals surface area contributed by atoms with Gasteiger partial charge in [0.1, 0.15) is 0 Å². The van der Waals surface area contributed by atoms with E-state index in [0.717, 1.165) is 0 Å². The van der Waals surface area contributed by atoms with Gasteiger partial charge in [-0.2, -0.15) is 18.3 Å². The molecule has 84 valence electrons. The van der Waals surface area contributed by atoms with Gasteiger partial charge in [-0.1, -0.05) is 0 Å². The zero-order valence-electron chi connectivity index (χ0n) is 7.77. The Morgan fingerprint density at radius 2 is 2.27 bits per heavy atom. The SMILES string of the molecule is O=C(CCC(F)(F)F)NCc1ccn[nH]1. The first-order chi connectivity index (χ1) is 6.97. The molecule has 0 unspecified atom stereocenters. The number of amides is 1. The van der Waals surface area contributed by atoms with Crippen LogP contribution in [0.2, 0.25) is 0 Å². The van der Waals surface area contributed by atoms with Crippen LogP contribution in [0.15, 0.2) is 12.3 Å². The fourth-order valence-corrected chi connectivity index (χ4v) is 0.921. The lowest BCUT2D eigenvalue weighted by Crippen LogP contribution is -2.24. The lowest BCUT2D eigenvalue weighted by atomic mass is 10.3. The van der Waals surface area contributed by atoms with E-state index >= 15 is 0 Å². The van der Waals surface area contributed by atoms with Crippen molar-refractivity contribution >= 4 is 5.91 Å². The van der Waals surface area contributed by atoms with Gasteiger partial charge in [0.2, 0.25) is 5.91 Å². The van der Waals surface area contributed by atoms with E-state index in [1.54, 1.807) is 6.07 Å². The minimum Gasteiger partial charge on any atom is -0.350 e. The van der Waals surface area contributed by atoms with Crippen molar-refractivity contribution in [2.75, 3.05) is 0 Å². The van der Waals surface area contributed by atoms with Crippen molar-refractivity contribution < 1.29 is 18.0 Å². The Bertz CT molecular complexity index is 307. The molecule has 0 fully saturated rings. The van der Waals surface area contributed by atoms with E-state index in [0.29, 0.717) is 5.69 Å². The second kappa shape index (κ2) is 4.81. The molecule has 1 amide bonds. The summed E-state index contributed by atoms with van der Waals surface area (Å²) in [5.41, 5.74) is 0.648. The summed E-state index contributed by atoms with van der Waals surface area (Å²) >= 11 is 0. The molecule has 0 saturated carbocycles. The minimum atomic E-state index is -4.29. The Kier molecular flexibility index (Phi) is 3.70. The lowest BCUT2D eigenvalue weighted by Gasteiger charge is -2.06. The van der Waals surface area contributed by atoms with Gasteiger partial charge < -0.3 is 5.32 Å². The molecule has 7 heteroatoms. The number of rotatable bonds is 4. The Labute approximate surface area is 83.9 Å². The lowest BCUT2D eigenvalue weighted by molar-refractivity contribution is -0.144. The highest BCUT2D eigenvalue weighted by atomic mass is 19.4. The molecule has 2 N–H and O–H groups in total. The van der Waals surface area contributed by atoms with Crippen LogP contribution < -0.4 is 5.32 Å². The van der Waals surface area contributed by atoms with Crippen molar-refractivity contribution in [2.24, 2.45) is 0 Å². The summed E-state index contributed by atoms with van der Waals surface area (Å²) in [7, 11) is 0. The Morgan fingerprint density at radius 3 is 2.80 bits per heavy atom. The van der Waals surface area contributed by atoms with Gasteiger partial charge in [-0.05, 0) is 6.07 Å². The van der Waals surface area contributed by atoms with E-state index in [1.165, 1.54) is 6.20 Å². The predicted octanol–water partition coefficient (Wildman–Crippen LogP) is 1.37. The number of halogens is 3. The number of nitrogens with zero attached hydrogens (tertiary/aromatic N) is 1. The molecule has 0 saturated heterocycles. The van der Waals surface area contributed by atoms with Gasteiger partial charge in [0.15, 0.2) is 0 Å². The third-order valence-corrected chi connectivity index (χ3v) is 1.67. The first-order valence-electron chi connectivity index (χ1n) is 4.29. The summed E-state index contributed by atoms with van der Waals surface area (Å²) in [6.07, 6.45) is -4.43. The molecule has 0 bridgehead atoms. The second-order valence-electron chi connectivity index (χ2n) is 2.97. The highest BCUT2D eigenvalue weighted by molar-refractivity contribution is 5.75. The Balaban J connectivity index is 2.20. The minimum absolute atomic E-state index is 0.163. The van der Waals surface area contributed by atoms with E-state index < -0.39 is 24.9 Å². The summed E-state index contributed by atoms with van der Waals surface area (Å²) in [5, 5.41) is 8.55. The largest absolute Gasteiger partial charge is 0.389 e. The van der Waals surface area contributed by atoms with Crippen molar-refractivity contribution in [2.45, 2.75) is 25.6 Å². The van der Waals surface area contributed by atoms with Gasteiger partial charge in [0.05, 0.1) is 18.7 Å². The standard InChI is InChI=1S/C8H10F3N3O/c9-8(10,11)3-1-7(15)12-5-6-2-4-13-14-6/h2,4H,1,3,5H2,(H,12,15)(H,13,14). The Hall–Kier alpha value is -1.53. The molecule has 4 nitrogen and oxygen atoms in total. The monoisotopic (exact) mass is 221 g/mol. The summed E-state index contributed by atoms with van der Waals surface area (Å²) in [4.78, 5) is 10.9. The van der Waals surface area contributed by atoms with Gasteiger partial charge >= 0.3 is 6.18 Å². The number of aromatic amines is 1. The third kappa shape index (κ3) is 5.04. The van der Waals surface area contributed by atoms with Gasteiger partial charge in [0, 0.05) is 12.6 Å². The van der Waals surface area contributed by atoms with Crippen molar-refractivity contribution in [3.63, 3.8) is 0 Å². The van der Waals surface area contributed by atoms with E-state index in [1.807, 2.05) is 0 Å². The van der Waals surface area contributed by atoms with Crippen molar-refractivity contribution in [3.8, 4) is 0 Å². The molecule has 0 aliphatic rings. The number of alkyl halides is 3. The maximum atomic E-state index is 11.7. The average Bonchev–Trinajstić information content (AvgIpc) is 2.62. The first-order valence-corrected chi connectivity index (χ1v) is 4.29. The molecule has 1 aromatic rings.